The number of rotatable bonds is 18. The molecule has 0 saturated carbocycles. The molecule has 38 heavy (non-hydrogen) atoms. The first-order chi connectivity index (χ1) is 18.4. The minimum atomic E-state index is -0.877. The Balaban J connectivity index is 1.78. The molecular formula is C27H35F2NO8. The number of nitrogens with zero attached hydrogens (tertiary/aromatic N) is 1. The van der Waals surface area contributed by atoms with E-state index in [1.54, 1.807) is 29.2 Å². The minimum Gasteiger partial charge on any atom is -0.490 e. The number of aliphatic hydroxyl groups excluding tert-OH is 2. The molecule has 0 aliphatic heterocycles. The monoisotopic (exact) mass is 539 g/mol. The summed E-state index contributed by atoms with van der Waals surface area (Å²) in [5.74, 6) is -2.61. The van der Waals surface area contributed by atoms with E-state index in [9.17, 15) is 18.4 Å². The van der Waals surface area contributed by atoms with Crippen molar-refractivity contribution in [2.75, 3.05) is 59.3 Å². The van der Waals surface area contributed by atoms with Crippen LogP contribution >= 0.6 is 0 Å². The number of hydrogen-bond acceptors (Lipinski definition) is 9. The Bertz CT molecular complexity index is 974. The van der Waals surface area contributed by atoms with Gasteiger partial charge in [-0.1, -0.05) is 19.1 Å². The summed E-state index contributed by atoms with van der Waals surface area (Å²) in [7, 11) is 0. The summed E-state index contributed by atoms with van der Waals surface area (Å²) in [4.78, 5) is 24.9. The van der Waals surface area contributed by atoms with Crippen molar-refractivity contribution in [3.8, 4) is 22.6 Å². The Kier molecular flexibility index (Phi) is 14.1. The van der Waals surface area contributed by atoms with Gasteiger partial charge in [0.15, 0.2) is 17.4 Å². The van der Waals surface area contributed by atoms with Gasteiger partial charge in [-0.25, -0.2) is 8.78 Å². The molecule has 0 amide bonds. The Morgan fingerprint density at radius 2 is 1.32 bits per heavy atom. The zero-order valence-electron chi connectivity index (χ0n) is 21.5. The number of carbonyl (C=O) groups excluding carboxylic acids is 2. The van der Waals surface area contributed by atoms with Crippen LogP contribution in [0.5, 0.6) is 11.5 Å². The summed E-state index contributed by atoms with van der Waals surface area (Å²) in [6.07, 6.45) is 1.04. The van der Waals surface area contributed by atoms with Crippen LogP contribution in [-0.2, 0) is 19.1 Å². The second-order valence-corrected chi connectivity index (χ2v) is 8.22. The Labute approximate surface area is 220 Å². The zero-order valence-corrected chi connectivity index (χ0v) is 21.5. The number of halogens is 2. The van der Waals surface area contributed by atoms with E-state index in [-0.39, 0.29) is 52.5 Å². The third kappa shape index (κ3) is 11.0. The van der Waals surface area contributed by atoms with Crippen molar-refractivity contribution in [2.45, 2.75) is 26.2 Å². The number of benzene rings is 2. The van der Waals surface area contributed by atoms with Gasteiger partial charge in [0.2, 0.25) is 0 Å². The van der Waals surface area contributed by atoms with Crippen LogP contribution in [0.25, 0.3) is 11.1 Å². The molecule has 0 radical (unpaired) electrons. The van der Waals surface area contributed by atoms with Crippen LogP contribution < -0.4 is 9.47 Å². The van der Waals surface area contributed by atoms with Gasteiger partial charge in [-0.15, -0.1) is 0 Å². The van der Waals surface area contributed by atoms with Crippen molar-refractivity contribution in [1.82, 2.24) is 4.90 Å². The molecule has 2 N–H and O–H groups in total. The highest BCUT2D eigenvalue weighted by Gasteiger charge is 2.14. The molecule has 0 spiro atoms. The Morgan fingerprint density at radius 3 is 1.87 bits per heavy atom. The second kappa shape index (κ2) is 17.3. The van der Waals surface area contributed by atoms with Gasteiger partial charge in [0, 0.05) is 26.1 Å². The standard InChI is InChI=1S/C27H35F2NO8/c1-2-3-25(33)36-16-17-38-27-23(28)18-21(19-24(27)29)20-4-6-22(7-5-20)35-14-15-37-26(34)8-9-30(10-12-31)11-13-32/h4-7,18-19,31-32H,2-3,8-17H2,1H3. The van der Waals surface area contributed by atoms with Crippen molar-refractivity contribution >= 4 is 11.9 Å². The average Bonchev–Trinajstić information content (AvgIpc) is 2.89. The summed E-state index contributed by atoms with van der Waals surface area (Å²) >= 11 is 0. The number of carbonyl (C=O) groups is 2. The lowest BCUT2D eigenvalue weighted by Gasteiger charge is -2.19. The van der Waals surface area contributed by atoms with Crippen LogP contribution in [0, 0.1) is 11.6 Å². The molecule has 0 atom stereocenters. The van der Waals surface area contributed by atoms with Crippen molar-refractivity contribution in [3.05, 3.63) is 48.0 Å². The molecule has 0 aliphatic rings. The lowest BCUT2D eigenvalue weighted by molar-refractivity contribution is -0.145. The lowest BCUT2D eigenvalue weighted by Crippen LogP contribution is -2.32. The van der Waals surface area contributed by atoms with Gasteiger partial charge in [-0.05, 0) is 41.8 Å². The molecule has 0 fully saturated rings. The van der Waals surface area contributed by atoms with E-state index in [4.69, 9.17) is 29.2 Å². The normalized spacial score (nSPS) is 10.9. The molecule has 0 aliphatic carbocycles. The maximum absolute atomic E-state index is 14.5. The summed E-state index contributed by atoms with van der Waals surface area (Å²) < 4.78 is 49.6. The number of esters is 2. The maximum Gasteiger partial charge on any atom is 0.307 e. The molecule has 0 aromatic heterocycles. The molecule has 2 aromatic rings. The molecule has 2 rings (SSSR count). The summed E-state index contributed by atoms with van der Waals surface area (Å²) in [6.45, 7) is 2.68. The van der Waals surface area contributed by atoms with Crippen LogP contribution in [0.2, 0.25) is 0 Å². The van der Waals surface area contributed by atoms with Crippen LogP contribution in [0.15, 0.2) is 36.4 Å². The van der Waals surface area contributed by atoms with Crippen LogP contribution in [0.4, 0.5) is 8.78 Å². The Hall–Kier alpha value is -3.28. The summed E-state index contributed by atoms with van der Waals surface area (Å²) in [5.41, 5.74) is 0.857. The van der Waals surface area contributed by atoms with E-state index in [1.807, 2.05) is 6.92 Å². The fraction of sp³-hybridized carbons (Fsp3) is 0.481. The largest absolute Gasteiger partial charge is 0.490 e. The number of ether oxygens (including phenoxy) is 4. The molecule has 11 heteroatoms. The molecule has 0 heterocycles. The summed E-state index contributed by atoms with van der Waals surface area (Å²) in [6, 6.07) is 8.84. The highest BCUT2D eigenvalue weighted by atomic mass is 19.1. The smallest absolute Gasteiger partial charge is 0.307 e. The SMILES string of the molecule is CCCC(=O)OCCOc1c(F)cc(-c2ccc(OCCOC(=O)CCN(CCO)CCO)cc2)cc1F. The fourth-order valence-electron chi connectivity index (χ4n) is 3.44. The van der Waals surface area contributed by atoms with Gasteiger partial charge in [-0.2, -0.15) is 0 Å². The number of hydrogen-bond donors (Lipinski definition) is 2. The molecular weight excluding hydrogens is 504 g/mol. The van der Waals surface area contributed by atoms with Crippen molar-refractivity contribution in [2.24, 2.45) is 0 Å². The number of aliphatic hydroxyl groups is 2. The van der Waals surface area contributed by atoms with Crippen LogP contribution in [0.1, 0.15) is 26.2 Å². The summed E-state index contributed by atoms with van der Waals surface area (Å²) in [5, 5.41) is 18.0. The van der Waals surface area contributed by atoms with Gasteiger partial charge in [0.25, 0.3) is 0 Å². The quantitative estimate of drug-likeness (QED) is 0.218. The first-order valence-electron chi connectivity index (χ1n) is 12.5. The van der Waals surface area contributed by atoms with Gasteiger partial charge in [0.1, 0.15) is 32.2 Å². The third-order valence-electron chi connectivity index (χ3n) is 5.31. The van der Waals surface area contributed by atoms with Gasteiger partial charge in [-0.3, -0.25) is 14.5 Å². The second-order valence-electron chi connectivity index (χ2n) is 8.22. The lowest BCUT2D eigenvalue weighted by atomic mass is 10.0. The molecule has 2 aromatic carbocycles. The third-order valence-corrected chi connectivity index (χ3v) is 5.31. The van der Waals surface area contributed by atoms with Crippen molar-refractivity contribution < 1.29 is 47.5 Å². The van der Waals surface area contributed by atoms with E-state index in [0.29, 0.717) is 42.9 Å². The topological polar surface area (TPSA) is 115 Å². The van der Waals surface area contributed by atoms with Crippen LogP contribution in [-0.4, -0.2) is 86.3 Å². The minimum absolute atomic E-state index is 0.0380. The molecule has 210 valence electrons. The highest BCUT2D eigenvalue weighted by molar-refractivity contribution is 5.69. The van der Waals surface area contributed by atoms with E-state index >= 15 is 0 Å². The van der Waals surface area contributed by atoms with Crippen LogP contribution in [0.3, 0.4) is 0 Å². The van der Waals surface area contributed by atoms with E-state index < -0.39 is 29.3 Å². The highest BCUT2D eigenvalue weighted by Crippen LogP contribution is 2.30. The predicted molar refractivity (Wildman–Crippen MR) is 135 cm³/mol. The Morgan fingerprint density at radius 1 is 0.763 bits per heavy atom. The zero-order chi connectivity index (χ0) is 27.8. The predicted octanol–water partition coefficient (Wildman–Crippen LogP) is 2.95. The molecule has 9 nitrogen and oxygen atoms in total. The fourth-order valence-corrected chi connectivity index (χ4v) is 3.44. The van der Waals surface area contributed by atoms with E-state index in [1.165, 1.54) is 0 Å². The van der Waals surface area contributed by atoms with E-state index in [0.717, 1.165) is 12.1 Å². The first kappa shape index (κ1) is 30.9. The molecule has 0 unspecified atom stereocenters. The van der Waals surface area contributed by atoms with E-state index in [2.05, 4.69) is 0 Å². The van der Waals surface area contributed by atoms with Gasteiger partial charge in [0.05, 0.1) is 19.6 Å². The first-order valence-corrected chi connectivity index (χ1v) is 12.5. The van der Waals surface area contributed by atoms with Crippen molar-refractivity contribution in [1.29, 1.82) is 0 Å². The van der Waals surface area contributed by atoms with Gasteiger partial charge < -0.3 is 29.2 Å². The van der Waals surface area contributed by atoms with Gasteiger partial charge >= 0.3 is 11.9 Å². The molecule has 0 bridgehead atoms. The van der Waals surface area contributed by atoms with Crippen molar-refractivity contribution in [3.63, 3.8) is 0 Å². The average molecular weight is 540 g/mol. The molecule has 0 saturated heterocycles. The maximum atomic E-state index is 14.5.